The highest BCUT2D eigenvalue weighted by Crippen LogP contribution is 2.26. The molecule has 0 spiro atoms. The predicted octanol–water partition coefficient (Wildman–Crippen LogP) is 6.31. The van der Waals surface area contributed by atoms with Gasteiger partial charge in [0, 0.05) is 15.5 Å². The first-order valence-electron chi connectivity index (χ1n) is 8.81. The van der Waals surface area contributed by atoms with Gasteiger partial charge in [0.1, 0.15) is 17.9 Å². The zero-order valence-corrected chi connectivity index (χ0v) is 16.8. The number of hydrogen-bond acceptors (Lipinski definition) is 4. The van der Waals surface area contributed by atoms with Gasteiger partial charge in [0.2, 0.25) is 0 Å². The van der Waals surface area contributed by atoms with Crippen LogP contribution < -0.4 is 10.1 Å². The first-order chi connectivity index (χ1) is 13.7. The Labute approximate surface area is 172 Å². The number of ether oxygens (including phenoxy) is 1. The highest BCUT2D eigenvalue weighted by molar-refractivity contribution is 9.10. The molecule has 0 fully saturated rings. The summed E-state index contributed by atoms with van der Waals surface area (Å²) < 4.78 is 6.18. The topological polar surface area (TPSA) is 47.0 Å². The third-order valence-corrected chi connectivity index (χ3v) is 4.85. The zero-order chi connectivity index (χ0) is 19.3. The summed E-state index contributed by atoms with van der Waals surface area (Å²) in [4.78, 5) is 8.70. The summed E-state index contributed by atoms with van der Waals surface area (Å²) in [7, 11) is 1.67. The summed E-state index contributed by atoms with van der Waals surface area (Å²) in [5.41, 5.74) is 4.12. The van der Waals surface area contributed by atoms with Crippen LogP contribution in [0.1, 0.15) is 11.1 Å². The van der Waals surface area contributed by atoms with E-state index in [1.807, 2.05) is 54.6 Å². The van der Waals surface area contributed by atoms with Gasteiger partial charge in [-0.05, 0) is 53.6 Å². The van der Waals surface area contributed by atoms with Crippen LogP contribution in [0, 0.1) is 0 Å². The van der Waals surface area contributed by atoms with Crippen molar-refractivity contribution in [2.45, 2.75) is 0 Å². The molecular weight excluding hydrogens is 414 g/mol. The van der Waals surface area contributed by atoms with Crippen LogP contribution in [-0.2, 0) is 0 Å². The number of nitrogens with one attached hydrogen (secondary N) is 1. The largest absolute Gasteiger partial charge is 0.497 e. The monoisotopic (exact) mass is 431 g/mol. The molecule has 0 aliphatic carbocycles. The minimum Gasteiger partial charge on any atom is -0.497 e. The lowest BCUT2D eigenvalue weighted by molar-refractivity contribution is 0.415. The zero-order valence-electron chi connectivity index (χ0n) is 15.3. The molecule has 0 unspecified atom stereocenters. The fourth-order valence-electron chi connectivity index (χ4n) is 2.85. The summed E-state index contributed by atoms with van der Waals surface area (Å²) >= 11 is 3.51. The van der Waals surface area contributed by atoms with E-state index in [0.717, 1.165) is 43.8 Å². The van der Waals surface area contributed by atoms with Crippen molar-refractivity contribution in [2.24, 2.45) is 0 Å². The maximum Gasteiger partial charge on any atom is 0.141 e. The van der Waals surface area contributed by atoms with Crippen molar-refractivity contribution in [3.63, 3.8) is 0 Å². The standard InChI is InChI=1S/C23H18BrN3O/c1-28-20-11-6-17(7-12-20)3-2-16-4-9-19(10-5-16)27-23-21-14-18(24)8-13-22(21)25-15-26-23/h2-15H,1H3,(H,25,26,27)/b3-2+. The van der Waals surface area contributed by atoms with Gasteiger partial charge >= 0.3 is 0 Å². The maximum atomic E-state index is 5.18. The third kappa shape index (κ3) is 4.21. The minimum atomic E-state index is 0.785. The van der Waals surface area contributed by atoms with Gasteiger partial charge in [-0.1, -0.05) is 52.3 Å². The lowest BCUT2D eigenvalue weighted by atomic mass is 10.1. The first-order valence-corrected chi connectivity index (χ1v) is 9.60. The van der Waals surface area contributed by atoms with Gasteiger partial charge in [-0.2, -0.15) is 0 Å². The summed E-state index contributed by atoms with van der Waals surface area (Å²) in [6.45, 7) is 0. The molecule has 4 nitrogen and oxygen atoms in total. The van der Waals surface area contributed by atoms with E-state index in [0.29, 0.717) is 0 Å². The van der Waals surface area contributed by atoms with Crippen LogP contribution in [0.2, 0.25) is 0 Å². The SMILES string of the molecule is COc1ccc(/C=C/c2ccc(Nc3ncnc4ccc(Br)cc34)cc2)cc1. The molecule has 0 amide bonds. The summed E-state index contributed by atoms with van der Waals surface area (Å²) in [5.74, 6) is 1.64. The van der Waals surface area contributed by atoms with Crippen molar-refractivity contribution in [3.8, 4) is 5.75 Å². The number of rotatable bonds is 5. The molecule has 4 rings (SSSR count). The average molecular weight is 432 g/mol. The average Bonchev–Trinajstić information content (AvgIpc) is 2.74. The maximum absolute atomic E-state index is 5.18. The van der Waals surface area contributed by atoms with Gasteiger partial charge < -0.3 is 10.1 Å². The van der Waals surface area contributed by atoms with E-state index in [9.17, 15) is 0 Å². The van der Waals surface area contributed by atoms with E-state index in [1.165, 1.54) is 0 Å². The number of benzene rings is 3. The number of hydrogen-bond donors (Lipinski definition) is 1. The van der Waals surface area contributed by atoms with Gasteiger partial charge in [0.25, 0.3) is 0 Å². The van der Waals surface area contributed by atoms with Gasteiger partial charge in [0.15, 0.2) is 0 Å². The predicted molar refractivity (Wildman–Crippen MR) is 119 cm³/mol. The van der Waals surface area contributed by atoms with Crippen LogP contribution in [0.5, 0.6) is 5.75 Å². The van der Waals surface area contributed by atoms with Crippen molar-refractivity contribution in [1.82, 2.24) is 9.97 Å². The highest BCUT2D eigenvalue weighted by atomic mass is 79.9. The third-order valence-electron chi connectivity index (χ3n) is 4.35. The second-order valence-electron chi connectivity index (χ2n) is 6.24. The van der Waals surface area contributed by atoms with Gasteiger partial charge in [-0.25, -0.2) is 9.97 Å². The van der Waals surface area contributed by atoms with E-state index in [2.05, 4.69) is 55.5 Å². The van der Waals surface area contributed by atoms with Crippen LogP contribution in [0.4, 0.5) is 11.5 Å². The Bertz CT molecular complexity index is 1120. The highest BCUT2D eigenvalue weighted by Gasteiger charge is 2.04. The van der Waals surface area contributed by atoms with Crippen LogP contribution in [-0.4, -0.2) is 17.1 Å². The number of halogens is 1. The van der Waals surface area contributed by atoms with Crippen LogP contribution in [0.15, 0.2) is 77.5 Å². The summed E-state index contributed by atoms with van der Waals surface area (Å²) in [5, 5.41) is 4.35. The van der Waals surface area contributed by atoms with E-state index >= 15 is 0 Å². The quantitative estimate of drug-likeness (QED) is 0.375. The molecule has 0 saturated carbocycles. The molecule has 0 aliphatic rings. The molecule has 1 aromatic heterocycles. The van der Waals surface area contributed by atoms with Gasteiger partial charge in [-0.3, -0.25) is 0 Å². The Morgan fingerprint density at radius 2 is 1.54 bits per heavy atom. The molecule has 3 aromatic carbocycles. The van der Waals surface area contributed by atoms with E-state index in [-0.39, 0.29) is 0 Å². The van der Waals surface area contributed by atoms with E-state index in [4.69, 9.17) is 4.74 Å². The first kappa shape index (κ1) is 18.2. The molecule has 5 heteroatoms. The molecule has 0 radical (unpaired) electrons. The second kappa shape index (κ2) is 8.23. The molecular formula is C23H18BrN3O. The Balaban J connectivity index is 1.50. The van der Waals surface area contributed by atoms with Crippen molar-refractivity contribution >= 4 is 50.5 Å². The van der Waals surface area contributed by atoms with Crippen LogP contribution in [0.3, 0.4) is 0 Å². The lowest BCUT2D eigenvalue weighted by Crippen LogP contribution is -1.96. The van der Waals surface area contributed by atoms with Crippen molar-refractivity contribution < 1.29 is 4.74 Å². The number of methoxy groups -OCH3 is 1. The molecule has 28 heavy (non-hydrogen) atoms. The van der Waals surface area contributed by atoms with Gasteiger partial charge in [-0.15, -0.1) is 0 Å². The molecule has 138 valence electrons. The van der Waals surface area contributed by atoms with Crippen molar-refractivity contribution in [1.29, 1.82) is 0 Å². The Kier molecular flexibility index (Phi) is 5.35. The molecule has 0 bridgehead atoms. The molecule has 4 aromatic rings. The van der Waals surface area contributed by atoms with Crippen LogP contribution >= 0.6 is 15.9 Å². The molecule has 1 heterocycles. The van der Waals surface area contributed by atoms with Gasteiger partial charge in [0.05, 0.1) is 12.6 Å². The number of nitrogens with zero attached hydrogens (tertiary/aromatic N) is 2. The van der Waals surface area contributed by atoms with E-state index in [1.54, 1.807) is 13.4 Å². The summed E-state index contributed by atoms with van der Waals surface area (Å²) in [6.07, 6.45) is 5.74. The fraction of sp³-hybridized carbons (Fsp3) is 0.0435. The summed E-state index contributed by atoms with van der Waals surface area (Å²) in [6, 6.07) is 22.2. The van der Waals surface area contributed by atoms with Crippen molar-refractivity contribution in [3.05, 3.63) is 88.7 Å². The Hall–Kier alpha value is -3.18. The number of fused-ring (bicyclic) bond motifs is 1. The fourth-order valence-corrected chi connectivity index (χ4v) is 3.21. The number of aromatic nitrogens is 2. The number of anilines is 2. The van der Waals surface area contributed by atoms with E-state index < -0.39 is 0 Å². The molecule has 0 aliphatic heterocycles. The molecule has 1 N–H and O–H groups in total. The normalized spacial score (nSPS) is 11.1. The smallest absolute Gasteiger partial charge is 0.141 e. The van der Waals surface area contributed by atoms with Crippen LogP contribution in [0.25, 0.3) is 23.1 Å². The molecule has 0 saturated heterocycles. The Morgan fingerprint density at radius 1 is 0.857 bits per heavy atom. The van der Waals surface area contributed by atoms with Crippen molar-refractivity contribution in [2.75, 3.05) is 12.4 Å². The lowest BCUT2D eigenvalue weighted by Gasteiger charge is -2.09. The Morgan fingerprint density at radius 3 is 2.21 bits per heavy atom. The second-order valence-corrected chi connectivity index (χ2v) is 7.15. The molecule has 0 atom stereocenters. The minimum absolute atomic E-state index is 0.785.